The molecule has 1 aliphatic heterocycles. The molecule has 41 heavy (non-hydrogen) atoms. The molecule has 7 nitrogen and oxygen atoms in total. The molecule has 0 radical (unpaired) electrons. The highest BCUT2D eigenvalue weighted by Gasteiger charge is 2.41. The first-order valence-corrected chi connectivity index (χ1v) is 13.0. The van der Waals surface area contributed by atoms with Gasteiger partial charge in [0, 0.05) is 31.0 Å². The Hall–Kier alpha value is -4.18. The Kier molecular flexibility index (Phi) is 9.12. The quantitative estimate of drug-likeness (QED) is 0.242. The van der Waals surface area contributed by atoms with Gasteiger partial charge in [-0.15, -0.1) is 0 Å². The second kappa shape index (κ2) is 12.6. The van der Waals surface area contributed by atoms with E-state index in [1.165, 1.54) is 31.4 Å². The Balaban J connectivity index is 1.59. The number of hydrogen-bond donors (Lipinski definition) is 1. The van der Waals surface area contributed by atoms with E-state index in [9.17, 15) is 22.8 Å². The molecule has 1 aliphatic rings. The highest BCUT2D eigenvalue weighted by molar-refractivity contribution is 6.33. The summed E-state index contributed by atoms with van der Waals surface area (Å²) in [6.07, 6.45) is -5.60. The van der Waals surface area contributed by atoms with Crippen molar-refractivity contribution in [2.45, 2.75) is 18.5 Å². The molecule has 3 aromatic rings. The first-order valence-electron chi connectivity index (χ1n) is 12.6. The van der Waals surface area contributed by atoms with Gasteiger partial charge in [0.2, 0.25) is 0 Å². The number of alkyl halides is 3. The summed E-state index contributed by atoms with van der Waals surface area (Å²) in [6.45, 7) is 0.417. The van der Waals surface area contributed by atoms with Crippen molar-refractivity contribution in [1.82, 2.24) is 4.90 Å². The summed E-state index contributed by atoms with van der Waals surface area (Å²) >= 11 is 6.17. The van der Waals surface area contributed by atoms with Crippen LogP contribution in [0.15, 0.2) is 77.8 Å². The Morgan fingerprint density at radius 3 is 2.20 bits per heavy atom. The van der Waals surface area contributed by atoms with Crippen LogP contribution < -0.4 is 4.74 Å². The summed E-state index contributed by atoms with van der Waals surface area (Å²) in [7, 11) is 2.86. The van der Waals surface area contributed by atoms with Crippen LogP contribution in [-0.2, 0) is 9.53 Å². The third kappa shape index (κ3) is 6.94. The number of methoxy groups -OCH3 is 2. The van der Waals surface area contributed by atoms with Crippen molar-refractivity contribution in [2.24, 2.45) is 10.9 Å². The van der Waals surface area contributed by atoms with Crippen LogP contribution in [0.5, 0.6) is 5.75 Å². The fourth-order valence-electron chi connectivity index (χ4n) is 4.70. The van der Waals surface area contributed by atoms with Gasteiger partial charge in [0.1, 0.15) is 11.5 Å². The van der Waals surface area contributed by atoms with Crippen LogP contribution in [0.25, 0.3) is 0 Å². The third-order valence-electron chi connectivity index (χ3n) is 6.91. The van der Waals surface area contributed by atoms with Gasteiger partial charge in [0.05, 0.1) is 36.6 Å². The lowest BCUT2D eigenvalue weighted by molar-refractivity contribution is -0.145. The maximum Gasteiger partial charge on any atom is 0.429 e. The average molecular weight is 586 g/mol. The van der Waals surface area contributed by atoms with Gasteiger partial charge in [-0.25, -0.2) is 0 Å². The number of esters is 1. The standard InChI is InChI=1S/C30H27ClF3N3O4/c1-40-21-13-11-18(12-14-21)22-16-37(17-23(22)29(39)41-2)28(38)20-9-7-19(8-10-20)26(15-27(35)30(32,33)34)36-25-6-4-3-5-24(25)31/h3-14,22-23,35H,15-17H2,1-2H3/t22-,23+/m0/s1. The molecule has 4 rings (SSSR count). The van der Waals surface area contributed by atoms with Crippen molar-refractivity contribution in [1.29, 1.82) is 5.41 Å². The number of carbonyl (C=O) groups is 2. The molecule has 0 unspecified atom stereocenters. The fraction of sp³-hybridized carbons (Fsp3) is 0.267. The van der Waals surface area contributed by atoms with Crippen LogP contribution in [0.3, 0.4) is 0 Å². The van der Waals surface area contributed by atoms with E-state index < -0.39 is 30.2 Å². The molecule has 1 N–H and O–H groups in total. The lowest BCUT2D eigenvalue weighted by atomic mass is 9.89. The number of aliphatic imine (C=N–C) groups is 1. The Morgan fingerprint density at radius 2 is 1.61 bits per heavy atom. The highest BCUT2D eigenvalue weighted by Crippen LogP contribution is 2.35. The number of halogens is 4. The van der Waals surface area contributed by atoms with E-state index >= 15 is 0 Å². The van der Waals surface area contributed by atoms with Gasteiger partial charge in [-0.05, 0) is 47.5 Å². The summed E-state index contributed by atoms with van der Waals surface area (Å²) in [4.78, 5) is 31.9. The maximum absolute atomic E-state index is 13.4. The minimum Gasteiger partial charge on any atom is -0.497 e. The Morgan fingerprint density at radius 1 is 0.976 bits per heavy atom. The molecule has 2 atom stereocenters. The molecular formula is C30H27ClF3N3O4. The van der Waals surface area contributed by atoms with Gasteiger partial charge in [-0.1, -0.05) is 48.0 Å². The molecule has 0 aromatic heterocycles. The highest BCUT2D eigenvalue weighted by atomic mass is 35.5. The van der Waals surface area contributed by atoms with E-state index in [0.717, 1.165) is 5.56 Å². The van der Waals surface area contributed by atoms with Gasteiger partial charge in [0.15, 0.2) is 0 Å². The van der Waals surface area contributed by atoms with Crippen molar-refractivity contribution in [3.63, 3.8) is 0 Å². The molecule has 3 aromatic carbocycles. The fourth-order valence-corrected chi connectivity index (χ4v) is 4.88. The van der Waals surface area contributed by atoms with Crippen LogP contribution in [0.1, 0.15) is 33.8 Å². The number of amides is 1. The van der Waals surface area contributed by atoms with Gasteiger partial charge in [-0.2, -0.15) is 13.2 Å². The zero-order valence-corrected chi connectivity index (χ0v) is 23.0. The van der Waals surface area contributed by atoms with Crippen LogP contribution in [0, 0.1) is 11.3 Å². The van der Waals surface area contributed by atoms with Crippen LogP contribution in [0.4, 0.5) is 18.9 Å². The van der Waals surface area contributed by atoms with Crippen molar-refractivity contribution in [3.8, 4) is 5.75 Å². The van der Waals surface area contributed by atoms with E-state index in [2.05, 4.69) is 4.99 Å². The largest absolute Gasteiger partial charge is 0.497 e. The summed E-state index contributed by atoms with van der Waals surface area (Å²) < 4.78 is 49.8. The first kappa shape index (κ1) is 29.8. The van der Waals surface area contributed by atoms with Gasteiger partial charge in [0.25, 0.3) is 5.91 Å². The topological polar surface area (TPSA) is 92.1 Å². The molecular weight excluding hydrogens is 559 g/mol. The van der Waals surface area contributed by atoms with E-state index in [4.69, 9.17) is 26.5 Å². The molecule has 1 saturated heterocycles. The van der Waals surface area contributed by atoms with Crippen LogP contribution in [0.2, 0.25) is 5.02 Å². The average Bonchev–Trinajstić information content (AvgIpc) is 3.42. The van der Waals surface area contributed by atoms with E-state index in [1.807, 2.05) is 12.1 Å². The minimum atomic E-state index is -4.82. The number of ether oxygens (including phenoxy) is 2. The lowest BCUT2D eigenvalue weighted by Crippen LogP contribution is -2.30. The molecule has 1 amide bonds. The number of likely N-dealkylation sites (tertiary alicyclic amines) is 1. The van der Waals surface area contributed by atoms with Crippen LogP contribution >= 0.6 is 11.6 Å². The van der Waals surface area contributed by atoms with E-state index in [1.54, 1.807) is 48.4 Å². The SMILES string of the molecule is COC(=O)[C@@H]1CN(C(=O)c2ccc(C(CC(=N)C(F)(F)F)=Nc3ccccc3Cl)cc2)C[C@H]1c1ccc(OC)cc1. The second-order valence-electron chi connectivity index (χ2n) is 9.46. The number of hydrogen-bond acceptors (Lipinski definition) is 6. The van der Waals surface area contributed by atoms with Crippen LogP contribution in [-0.4, -0.2) is 61.7 Å². The smallest absolute Gasteiger partial charge is 0.429 e. The number of nitrogens with one attached hydrogen (secondary N) is 1. The zero-order chi connectivity index (χ0) is 29.7. The predicted octanol–water partition coefficient (Wildman–Crippen LogP) is 6.47. The van der Waals surface area contributed by atoms with Gasteiger partial charge < -0.3 is 19.8 Å². The predicted molar refractivity (Wildman–Crippen MR) is 150 cm³/mol. The Bertz CT molecular complexity index is 1460. The van der Waals surface area contributed by atoms with Crippen molar-refractivity contribution < 1.29 is 32.2 Å². The number of nitrogens with zero attached hydrogens (tertiary/aromatic N) is 2. The normalized spacial score (nSPS) is 17.3. The molecule has 0 bridgehead atoms. The molecule has 0 spiro atoms. The van der Waals surface area contributed by atoms with Gasteiger partial charge in [-0.3, -0.25) is 14.6 Å². The summed E-state index contributed by atoms with van der Waals surface area (Å²) in [5, 5.41) is 7.75. The number of carbonyl (C=O) groups excluding carboxylic acids is 2. The summed E-state index contributed by atoms with van der Waals surface area (Å²) in [5.41, 5.74) is 0.232. The third-order valence-corrected chi connectivity index (χ3v) is 7.23. The maximum atomic E-state index is 13.4. The minimum absolute atomic E-state index is 0.0223. The lowest BCUT2D eigenvalue weighted by Gasteiger charge is -2.17. The zero-order valence-electron chi connectivity index (χ0n) is 22.2. The number of benzene rings is 3. The molecule has 1 fully saturated rings. The molecule has 11 heteroatoms. The molecule has 214 valence electrons. The van der Waals surface area contributed by atoms with Gasteiger partial charge >= 0.3 is 12.1 Å². The van der Waals surface area contributed by atoms with E-state index in [-0.39, 0.29) is 46.9 Å². The summed E-state index contributed by atoms with van der Waals surface area (Å²) in [5.74, 6) is -0.964. The van der Waals surface area contributed by atoms with E-state index in [0.29, 0.717) is 11.3 Å². The van der Waals surface area contributed by atoms with Crippen molar-refractivity contribution >= 4 is 40.6 Å². The number of rotatable bonds is 8. The number of para-hydroxylation sites is 1. The monoisotopic (exact) mass is 585 g/mol. The first-order chi connectivity index (χ1) is 19.5. The van der Waals surface area contributed by atoms with Crippen molar-refractivity contribution in [2.75, 3.05) is 27.3 Å². The summed E-state index contributed by atoms with van der Waals surface area (Å²) in [6, 6.07) is 19.7. The van der Waals surface area contributed by atoms with Crippen molar-refractivity contribution in [3.05, 3.63) is 94.5 Å². The molecule has 1 heterocycles. The Labute approximate surface area is 240 Å². The molecule has 0 saturated carbocycles. The molecule has 0 aliphatic carbocycles. The second-order valence-corrected chi connectivity index (χ2v) is 9.87.